The van der Waals surface area contributed by atoms with E-state index in [0.717, 1.165) is 5.56 Å². The van der Waals surface area contributed by atoms with Crippen LogP contribution in [0, 0.1) is 0 Å². The van der Waals surface area contributed by atoms with Crippen LogP contribution < -0.4 is 5.73 Å². The molecule has 4 nitrogen and oxygen atoms in total. The molecule has 0 saturated heterocycles. The van der Waals surface area contributed by atoms with E-state index in [-0.39, 0.29) is 0 Å². The molecule has 0 aliphatic carbocycles. The Balaban J connectivity index is 1.71. The molecule has 3 rings (SSSR count). The summed E-state index contributed by atoms with van der Waals surface area (Å²) in [6, 6.07) is 23.8. The Hall–Kier alpha value is -3.27. The highest BCUT2D eigenvalue weighted by Crippen LogP contribution is 2.18. The maximum atomic E-state index is 5.83. The monoisotopic (exact) mass is 300 g/mol. The Labute approximate surface area is 135 Å². The van der Waals surface area contributed by atoms with Gasteiger partial charge in [0.05, 0.1) is 6.21 Å². The second-order valence-corrected chi connectivity index (χ2v) is 4.93. The zero-order chi connectivity index (χ0) is 15.9. The Morgan fingerprint density at radius 2 is 1.52 bits per heavy atom. The van der Waals surface area contributed by atoms with Crippen LogP contribution in [0.4, 0.5) is 0 Å². The van der Waals surface area contributed by atoms with E-state index in [4.69, 9.17) is 5.73 Å². The van der Waals surface area contributed by atoms with Crippen LogP contribution in [0.5, 0.6) is 0 Å². The average Bonchev–Trinajstić information content (AvgIpc) is 2.64. The van der Waals surface area contributed by atoms with Crippen molar-refractivity contribution < 1.29 is 0 Å². The summed E-state index contributed by atoms with van der Waals surface area (Å²) in [4.78, 5) is 4.12. The van der Waals surface area contributed by atoms with Crippen molar-refractivity contribution in [2.75, 3.05) is 0 Å². The van der Waals surface area contributed by atoms with Gasteiger partial charge in [0.2, 0.25) is 0 Å². The summed E-state index contributed by atoms with van der Waals surface area (Å²) in [5.41, 5.74) is 9.76. The van der Waals surface area contributed by atoms with Gasteiger partial charge < -0.3 is 5.73 Å². The molecular weight excluding hydrogens is 284 g/mol. The zero-order valence-corrected chi connectivity index (χ0v) is 12.5. The van der Waals surface area contributed by atoms with Crippen molar-refractivity contribution >= 4 is 12.1 Å². The summed E-state index contributed by atoms with van der Waals surface area (Å²) in [5.74, 6) is 0.294. The molecule has 0 radical (unpaired) electrons. The third-order valence-electron chi connectivity index (χ3n) is 3.32. The molecule has 0 unspecified atom stereocenters. The van der Waals surface area contributed by atoms with Crippen molar-refractivity contribution in [3.8, 4) is 11.1 Å². The summed E-state index contributed by atoms with van der Waals surface area (Å²) in [6.45, 7) is 0. The minimum atomic E-state index is 0.294. The van der Waals surface area contributed by atoms with Crippen LogP contribution in [-0.2, 0) is 0 Å². The predicted molar refractivity (Wildman–Crippen MR) is 94.4 cm³/mol. The maximum absolute atomic E-state index is 5.83. The SMILES string of the molecule is N/C(=N/N=C/c1ccc(-c2ccccc2)cc1)c1ccccn1. The van der Waals surface area contributed by atoms with E-state index in [1.54, 1.807) is 18.5 Å². The Morgan fingerprint density at radius 3 is 2.22 bits per heavy atom. The van der Waals surface area contributed by atoms with Crippen molar-refractivity contribution in [3.63, 3.8) is 0 Å². The maximum Gasteiger partial charge on any atom is 0.171 e. The lowest BCUT2D eigenvalue weighted by atomic mass is 10.0. The van der Waals surface area contributed by atoms with E-state index in [9.17, 15) is 0 Å². The molecule has 0 amide bonds. The molecule has 112 valence electrons. The van der Waals surface area contributed by atoms with Crippen molar-refractivity contribution in [1.82, 2.24) is 4.98 Å². The normalized spacial score (nSPS) is 11.7. The first-order chi connectivity index (χ1) is 11.3. The highest BCUT2D eigenvalue weighted by molar-refractivity contribution is 5.96. The molecule has 0 atom stereocenters. The molecule has 0 spiro atoms. The quantitative estimate of drug-likeness (QED) is 0.455. The fourth-order valence-corrected chi connectivity index (χ4v) is 2.12. The van der Waals surface area contributed by atoms with Gasteiger partial charge in [-0.05, 0) is 28.8 Å². The summed E-state index contributed by atoms with van der Waals surface area (Å²) in [7, 11) is 0. The number of rotatable bonds is 4. The summed E-state index contributed by atoms with van der Waals surface area (Å²) >= 11 is 0. The van der Waals surface area contributed by atoms with E-state index in [1.807, 2.05) is 42.5 Å². The Morgan fingerprint density at radius 1 is 0.826 bits per heavy atom. The van der Waals surface area contributed by atoms with Gasteiger partial charge in [0.25, 0.3) is 0 Å². The molecule has 0 saturated carbocycles. The molecular formula is C19H16N4. The third-order valence-corrected chi connectivity index (χ3v) is 3.32. The summed E-state index contributed by atoms with van der Waals surface area (Å²) in [5, 5.41) is 7.99. The van der Waals surface area contributed by atoms with Gasteiger partial charge in [0, 0.05) is 6.20 Å². The van der Waals surface area contributed by atoms with Crippen LogP contribution in [0.3, 0.4) is 0 Å². The van der Waals surface area contributed by atoms with Gasteiger partial charge in [-0.25, -0.2) is 0 Å². The lowest BCUT2D eigenvalue weighted by Gasteiger charge is -2.01. The van der Waals surface area contributed by atoms with Crippen LogP contribution >= 0.6 is 0 Å². The van der Waals surface area contributed by atoms with Gasteiger partial charge in [-0.15, -0.1) is 5.10 Å². The number of pyridine rings is 1. The van der Waals surface area contributed by atoms with Crippen LogP contribution in [0.1, 0.15) is 11.3 Å². The molecule has 4 heteroatoms. The number of aromatic nitrogens is 1. The molecule has 2 N–H and O–H groups in total. The van der Waals surface area contributed by atoms with Crippen LogP contribution in [0.25, 0.3) is 11.1 Å². The molecule has 1 aromatic heterocycles. The largest absolute Gasteiger partial charge is 0.380 e. The van der Waals surface area contributed by atoms with Crippen molar-refractivity contribution in [3.05, 3.63) is 90.3 Å². The molecule has 3 aromatic rings. The molecule has 2 aromatic carbocycles. The molecule has 1 heterocycles. The number of amidine groups is 1. The molecule has 0 bridgehead atoms. The number of benzene rings is 2. The second kappa shape index (κ2) is 7.13. The van der Waals surface area contributed by atoms with Gasteiger partial charge >= 0.3 is 0 Å². The van der Waals surface area contributed by atoms with E-state index < -0.39 is 0 Å². The average molecular weight is 300 g/mol. The van der Waals surface area contributed by atoms with Crippen molar-refractivity contribution in [1.29, 1.82) is 0 Å². The van der Waals surface area contributed by atoms with E-state index in [0.29, 0.717) is 11.5 Å². The predicted octanol–water partition coefficient (Wildman–Crippen LogP) is 3.49. The minimum absolute atomic E-state index is 0.294. The van der Waals surface area contributed by atoms with Crippen molar-refractivity contribution in [2.45, 2.75) is 0 Å². The molecule has 23 heavy (non-hydrogen) atoms. The zero-order valence-electron chi connectivity index (χ0n) is 12.5. The van der Waals surface area contributed by atoms with E-state index in [1.165, 1.54) is 11.1 Å². The summed E-state index contributed by atoms with van der Waals surface area (Å²) in [6.07, 6.45) is 3.34. The first kappa shape index (κ1) is 14.7. The van der Waals surface area contributed by atoms with Crippen molar-refractivity contribution in [2.24, 2.45) is 15.9 Å². The van der Waals surface area contributed by atoms with Crippen LogP contribution in [-0.4, -0.2) is 17.0 Å². The van der Waals surface area contributed by atoms with Crippen LogP contribution in [0.15, 0.2) is 89.2 Å². The highest BCUT2D eigenvalue weighted by atomic mass is 15.2. The third kappa shape index (κ3) is 3.89. The number of hydrogen-bond acceptors (Lipinski definition) is 3. The number of nitrogens with two attached hydrogens (primary N) is 1. The molecule has 0 fully saturated rings. The molecule has 0 aliphatic rings. The topological polar surface area (TPSA) is 63.6 Å². The lowest BCUT2D eigenvalue weighted by Crippen LogP contribution is -2.14. The standard InChI is InChI=1S/C19H16N4/c20-19(18-8-4-5-13-21-18)23-22-14-15-9-11-17(12-10-15)16-6-2-1-3-7-16/h1-14H,(H2,20,23)/b22-14+. The fourth-order valence-electron chi connectivity index (χ4n) is 2.12. The van der Waals surface area contributed by atoms with Crippen LogP contribution in [0.2, 0.25) is 0 Å². The second-order valence-electron chi connectivity index (χ2n) is 4.93. The van der Waals surface area contributed by atoms with Gasteiger partial charge in [-0.1, -0.05) is 60.7 Å². The Bertz CT molecular complexity index is 807. The van der Waals surface area contributed by atoms with Gasteiger partial charge in [-0.2, -0.15) is 5.10 Å². The first-order valence-corrected chi connectivity index (χ1v) is 7.26. The minimum Gasteiger partial charge on any atom is -0.380 e. The van der Waals surface area contributed by atoms with Gasteiger partial charge in [0.15, 0.2) is 5.84 Å². The number of hydrogen-bond donors (Lipinski definition) is 1. The van der Waals surface area contributed by atoms with E-state index >= 15 is 0 Å². The van der Waals surface area contributed by atoms with Gasteiger partial charge in [-0.3, -0.25) is 4.98 Å². The van der Waals surface area contributed by atoms with Gasteiger partial charge in [0.1, 0.15) is 5.69 Å². The van der Waals surface area contributed by atoms with E-state index in [2.05, 4.69) is 39.5 Å². The Kier molecular flexibility index (Phi) is 4.55. The first-order valence-electron chi connectivity index (χ1n) is 7.26. The molecule has 0 aliphatic heterocycles. The summed E-state index contributed by atoms with van der Waals surface area (Å²) < 4.78 is 0. The smallest absolute Gasteiger partial charge is 0.171 e. The lowest BCUT2D eigenvalue weighted by molar-refractivity contribution is 1.20. The fraction of sp³-hybridized carbons (Fsp3) is 0. The highest BCUT2D eigenvalue weighted by Gasteiger charge is 1.97. The number of nitrogens with zero attached hydrogens (tertiary/aromatic N) is 3.